The largest absolute Gasteiger partial charge is 0.370 e. The Morgan fingerprint density at radius 3 is 2.70 bits per heavy atom. The van der Waals surface area contributed by atoms with Gasteiger partial charge in [-0.05, 0) is 25.8 Å². The van der Waals surface area contributed by atoms with Gasteiger partial charge in [-0.25, -0.2) is 4.98 Å². The highest BCUT2D eigenvalue weighted by Crippen LogP contribution is 2.34. The van der Waals surface area contributed by atoms with Crippen LogP contribution in [0.15, 0.2) is 23.8 Å². The molecule has 0 atom stereocenters. The molecule has 1 fully saturated rings. The van der Waals surface area contributed by atoms with E-state index < -0.39 is 0 Å². The van der Waals surface area contributed by atoms with E-state index in [0.717, 1.165) is 47.9 Å². The Kier molecular flexibility index (Phi) is 4.61. The molecule has 0 unspecified atom stereocenters. The molecule has 1 aliphatic rings. The summed E-state index contributed by atoms with van der Waals surface area (Å²) in [5.41, 5.74) is 3.30. The predicted octanol–water partition coefficient (Wildman–Crippen LogP) is 2.82. The van der Waals surface area contributed by atoms with Crippen molar-refractivity contribution in [3.63, 3.8) is 0 Å². The molecule has 2 aromatic heterocycles. The first-order valence-electron chi connectivity index (χ1n) is 7.89. The van der Waals surface area contributed by atoms with E-state index in [0.29, 0.717) is 0 Å². The Morgan fingerprint density at radius 2 is 2.09 bits per heavy atom. The van der Waals surface area contributed by atoms with E-state index in [1.54, 1.807) is 16.2 Å². The molecule has 23 heavy (non-hydrogen) atoms. The first-order chi connectivity index (χ1) is 11.1. The van der Waals surface area contributed by atoms with Crippen molar-refractivity contribution in [1.29, 1.82) is 0 Å². The number of nitrogens with zero attached hydrogens (tertiary/aromatic N) is 4. The van der Waals surface area contributed by atoms with Crippen LogP contribution in [0, 0.1) is 12.8 Å². The Balaban J connectivity index is 1.78. The number of rotatable bonds is 3. The molecular weight excluding hydrogens is 308 g/mol. The lowest BCUT2D eigenvalue weighted by molar-refractivity contribution is -0.133. The summed E-state index contributed by atoms with van der Waals surface area (Å²) in [5.74, 6) is 0.384. The van der Waals surface area contributed by atoms with Crippen molar-refractivity contribution in [2.24, 2.45) is 5.92 Å². The number of piperidine rings is 1. The summed E-state index contributed by atoms with van der Waals surface area (Å²) in [5, 5.41) is 3.10. The number of carbonyl (C=O) groups is 1. The fourth-order valence-corrected chi connectivity index (χ4v) is 3.86. The third-order valence-corrected chi connectivity index (χ3v) is 5.27. The van der Waals surface area contributed by atoms with Crippen molar-refractivity contribution < 1.29 is 4.79 Å². The van der Waals surface area contributed by atoms with Gasteiger partial charge >= 0.3 is 0 Å². The Labute approximate surface area is 141 Å². The summed E-state index contributed by atoms with van der Waals surface area (Å²) < 4.78 is 0. The topological polar surface area (TPSA) is 49.3 Å². The number of aromatic nitrogens is 2. The van der Waals surface area contributed by atoms with Crippen LogP contribution in [0.5, 0.6) is 0 Å². The normalized spacial score (nSPS) is 15.7. The molecule has 2 aromatic rings. The second-order valence-electron chi connectivity index (χ2n) is 6.18. The minimum Gasteiger partial charge on any atom is -0.370 e. The van der Waals surface area contributed by atoms with Crippen LogP contribution in [-0.4, -0.2) is 48.0 Å². The number of hydrogen-bond acceptors (Lipinski definition) is 5. The van der Waals surface area contributed by atoms with Crippen molar-refractivity contribution in [3.8, 4) is 10.6 Å². The average molecular weight is 330 g/mol. The highest BCUT2D eigenvalue weighted by molar-refractivity contribution is 7.13. The average Bonchev–Trinajstić information content (AvgIpc) is 3.00. The van der Waals surface area contributed by atoms with Gasteiger partial charge in [0, 0.05) is 55.9 Å². The van der Waals surface area contributed by atoms with Gasteiger partial charge in [-0.1, -0.05) is 0 Å². The first kappa shape index (κ1) is 15.9. The van der Waals surface area contributed by atoms with Gasteiger partial charge in [-0.2, -0.15) is 0 Å². The summed E-state index contributed by atoms with van der Waals surface area (Å²) in [6.07, 6.45) is 5.52. The van der Waals surface area contributed by atoms with Gasteiger partial charge in [0.25, 0.3) is 0 Å². The zero-order valence-electron chi connectivity index (χ0n) is 13.8. The van der Waals surface area contributed by atoms with Gasteiger partial charge < -0.3 is 9.80 Å². The van der Waals surface area contributed by atoms with Crippen molar-refractivity contribution in [2.75, 3.05) is 32.1 Å². The molecule has 6 heteroatoms. The molecule has 0 spiro atoms. The maximum Gasteiger partial charge on any atom is 0.225 e. The molecule has 122 valence electrons. The Bertz CT molecular complexity index is 689. The highest BCUT2D eigenvalue weighted by atomic mass is 32.1. The zero-order chi connectivity index (χ0) is 16.4. The van der Waals surface area contributed by atoms with Crippen molar-refractivity contribution >= 4 is 22.9 Å². The van der Waals surface area contributed by atoms with E-state index in [9.17, 15) is 4.79 Å². The lowest BCUT2D eigenvalue weighted by Gasteiger charge is -2.34. The van der Waals surface area contributed by atoms with E-state index >= 15 is 0 Å². The number of pyridine rings is 1. The molecule has 0 aliphatic carbocycles. The van der Waals surface area contributed by atoms with Crippen LogP contribution in [0.4, 0.5) is 5.69 Å². The van der Waals surface area contributed by atoms with Crippen LogP contribution in [0.2, 0.25) is 0 Å². The van der Waals surface area contributed by atoms with Gasteiger partial charge in [0.1, 0.15) is 5.01 Å². The number of thiazole rings is 1. The molecule has 3 rings (SSSR count). The zero-order valence-corrected chi connectivity index (χ0v) is 14.6. The minimum absolute atomic E-state index is 0.142. The lowest BCUT2D eigenvalue weighted by Crippen LogP contribution is -2.40. The third kappa shape index (κ3) is 3.37. The van der Waals surface area contributed by atoms with Crippen LogP contribution >= 0.6 is 11.3 Å². The lowest BCUT2D eigenvalue weighted by atomic mass is 9.95. The maximum absolute atomic E-state index is 12.1. The van der Waals surface area contributed by atoms with Gasteiger partial charge in [-0.15, -0.1) is 11.3 Å². The smallest absolute Gasteiger partial charge is 0.225 e. The molecule has 0 bridgehead atoms. The van der Waals surface area contributed by atoms with E-state index in [-0.39, 0.29) is 11.8 Å². The van der Waals surface area contributed by atoms with Crippen LogP contribution in [-0.2, 0) is 4.79 Å². The van der Waals surface area contributed by atoms with Gasteiger partial charge in [0.05, 0.1) is 11.9 Å². The molecule has 1 aliphatic heterocycles. The number of carbonyl (C=O) groups excluding carboxylic acids is 1. The summed E-state index contributed by atoms with van der Waals surface area (Å²) in [7, 11) is 3.66. The highest BCUT2D eigenvalue weighted by Gasteiger charge is 2.27. The van der Waals surface area contributed by atoms with E-state index in [1.165, 1.54) is 0 Å². The second kappa shape index (κ2) is 6.66. The van der Waals surface area contributed by atoms with Crippen molar-refractivity contribution in [3.05, 3.63) is 29.5 Å². The maximum atomic E-state index is 12.1. The predicted molar refractivity (Wildman–Crippen MR) is 93.7 cm³/mol. The molecule has 0 aromatic carbocycles. The molecule has 5 nitrogen and oxygen atoms in total. The monoisotopic (exact) mass is 330 g/mol. The molecule has 0 saturated carbocycles. The fraction of sp³-hybridized carbons (Fsp3) is 0.471. The number of amides is 1. The fourth-order valence-electron chi connectivity index (χ4n) is 3.03. The summed E-state index contributed by atoms with van der Waals surface area (Å²) >= 11 is 1.66. The van der Waals surface area contributed by atoms with Crippen LogP contribution in [0.25, 0.3) is 10.6 Å². The van der Waals surface area contributed by atoms with E-state index in [1.807, 2.05) is 39.5 Å². The Morgan fingerprint density at radius 1 is 1.35 bits per heavy atom. The number of hydrogen-bond donors (Lipinski definition) is 0. The van der Waals surface area contributed by atoms with E-state index in [2.05, 4.69) is 20.2 Å². The van der Waals surface area contributed by atoms with Crippen LogP contribution in [0.1, 0.15) is 18.5 Å². The van der Waals surface area contributed by atoms with Crippen LogP contribution in [0.3, 0.4) is 0 Å². The molecule has 1 saturated heterocycles. The van der Waals surface area contributed by atoms with Gasteiger partial charge in [-0.3, -0.25) is 9.78 Å². The second-order valence-corrected chi connectivity index (χ2v) is 7.04. The SMILES string of the molecule is Cc1csc(-c2ccncc2N2CCC(C(=O)N(C)C)CC2)n1. The quantitative estimate of drug-likeness (QED) is 0.868. The van der Waals surface area contributed by atoms with Gasteiger partial charge in [0.15, 0.2) is 0 Å². The van der Waals surface area contributed by atoms with Crippen molar-refractivity contribution in [1.82, 2.24) is 14.9 Å². The first-order valence-corrected chi connectivity index (χ1v) is 8.77. The van der Waals surface area contributed by atoms with Gasteiger partial charge in [0.2, 0.25) is 5.91 Å². The standard InChI is InChI=1S/C17H22N4OS/c1-12-11-23-16(19-12)14-4-7-18-10-15(14)21-8-5-13(6-9-21)17(22)20(2)3/h4,7,10-11,13H,5-6,8-9H2,1-3H3. The summed E-state index contributed by atoms with van der Waals surface area (Å²) in [4.78, 5) is 25.1. The molecule has 1 amide bonds. The number of aryl methyl sites for hydroxylation is 1. The molecule has 0 radical (unpaired) electrons. The minimum atomic E-state index is 0.142. The molecule has 3 heterocycles. The number of anilines is 1. The Hall–Kier alpha value is -1.95. The van der Waals surface area contributed by atoms with E-state index in [4.69, 9.17) is 0 Å². The molecular formula is C17H22N4OS. The van der Waals surface area contributed by atoms with Crippen LogP contribution < -0.4 is 4.90 Å². The van der Waals surface area contributed by atoms with Crippen molar-refractivity contribution in [2.45, 2.75) is 19.8 Å². The third-order valence-electron chi connectivity index (χ3n) is 4.28. The summed E-state index contributed by atoms with van der Waals surface area (Å²) in [6, 6.07) is 2.03. The molecule has 0 N–H and O–H groups in total. The summed E-state index contributed by atoms with van der Waals surface area (Å²) in [6.45, 7) is 3.78.